The van der Waals surface area contributed by atoms with E-state index in [4.69, 9.17) is 10.5 Å². The molecule has 0 aliphatic heterocycles. The van der Waals surface area contributed by atoms with Gasteiger partial charge in [0.15, 0.2) is 0 Å². The van der Waals surface area contributed by atoms with Crippen LogP contribution >= 0.6 is 0 Å². The van der Waals surface area contributed by atoms with E-state index < -0.39 is 5.54 Å². The number of carbonyl (C=O) groups is 1. The van der Waals surface area contributed by atoms with Gasteiger partial charge in [-0.1, -0.05) is 6.92 Å². The van der Waals surface area contributed by atoms with Crippen LogP contribution in [0.2, 0.25) is 0 Å². The molecule has 4 heteroatoms. The molecule has 1 aliphatic carbocycles. The first-order chi connectivity index (χ1) is 7.29. The van der Waals surface area contributed by atoms with Crippen LogP contribution in [-0.4, -0.2) is 29.7 Å². The molecule has 0 heterocycles. The van der Waals surface area contributed by atoms with E-state index >= 15 is 0 Å². The molecule has 1 saturated carbocycles. The lowest BCUT2D eigenvalue weighted by molar-refractivity contribution is -0.130. The summed E-state index contributed by atoms with van der Waals surface area (Å²) in [5, 5.41) is 3.26. The molecule has 0 aromatic rings. The summed E-state index contributed by atoms with van der Waals surface area (Å²) in [6.45, 7) is 8.26. The predicted molar refractivity (Wildman–Crippen MR) is 64.1 cm³/mol. The molecule has 1 unspecified atom stereocenters. The monoisotopic (exact) mass is 228 g/mol. The minimum absolute atomic E-state index is 0.206. The van der Waals surface area contributed by atoms with Gasteiger partial charge in [-0.2, -0.15) is 0 Å². The van der Waals surface area contributed by atoms with Crippen molar-refractivity contribution in [1.82, 2.24) is 5.32 Å². The smallest absolute Gasteiger partial charge is 0.239 e. The minimum Gasteiger partial charge on any atom is -0.373 e. The average Bonchev–Trinajstić information content (AvgIpc) is 2.99. The first-order valence-corrected chi connectivity index (χ1v) is 6.00. The summed E-state index contributed by atoms with van der Waals surface area (Å²) in [5.74, 6) is -0.341. The van der Waals surface area contributed by atoms with Crippen LogP contribution in [0, 0.1) is 0 Å². The Labute approximate surface area is 97.9 Å². The molecular weight excluding hydrogens is 204 g/mol. The maximum absolute atomic E-state index is 11.5. The summed E-state index contributed by atoms with van der Waals surface area (Å²) < 4.78 is 5.77. The van der Waals surface area contributed by atoms with Crippen molar-refractivity contribution in [3.05, 3.63) is 0 Å². The summed E-state index contributed by atoms with van der Waals surface area (Å²) in [5.41, 5.74) is 4.49. The van der Waals surface area contributed by atoms with E-state index in [2.05, 4.69) is 12.2 Å². The van der Waals surface area contributed by atoms with Crippen molar-refractivity contribution in [2.24, 2.45) is 5.73 Å². The molecule has 1 rings (SSSR count). The number of rotatable bonds is 7. The maximum atomic E-state index is 11.5. The van der Waals surface area contributed by atoms with Crippen LogP contribution in [0.3, 0.4) is 0 Å². The highest BCUT2D eigenvalue weighted by Gasteiger charge is 2.38. The molecule has 0 aromatic carbocycles. The van der Waals surface area contributed by atoms with Crippen LogP contribution < -0.4 is 11.1 Å². The zero-order chi connectivity index (χ0) is 12.4. The Balaban J connectivity index is 2.53. The number of nitrogens with one attached hydrogen (secondary N) is 1. The highest BCUT2D eigenvalue weighted by molar-refractivity contribution is 5.84. The van der Waals surface area contributed by atoms with Crippen molar-refractivity contribution in [2.45, 2.75) is 64.1 Å². The van der Waals surface area contributed by atoms with Crippen molar-refractivity contribution in [3.63, 3.8) is 0 Å². The molecule has 94 valence electrons. The SMILES string of the molecule is CCC(C)(C)OCC(C)(NC1CC1)C(N)=O. The topological polar surface area (TPSA) is 64.3 Å². The predicted octanol–water partition coefficient (Wildman–Crippen LogP) is 1.19. The third-order valence-electron chi connectivity index (χ3n) is 3.25. The van der Waals surface area contributed by atoms with Crippen LogP contribution in [0.15, 0.2) is 0 Å². The van der Waals surface area contributed by atoms with Crippen molar-refractivity contribution in [1.29, 1.82) is 0 Å². The Morgan fingerprint density at radius 1 is 1.44 bits per heavy atom. The first kappa shape index (κ1) is 13.5. The second kappa shape index (κ2) is 4.72. The molecule has 1 atom stereocenters. The van der Waals surface area contributed by atoms with E-state index in [1.54, 1.807) is 0 Å². The molecule has 1 amide bonds. The number of ether oxygens (including phenoxy) is 1. The molecule has 16 heavy (non-hydrogen) atoms. The number of primary amides is 1. The lowest BCUT2D eigenvalue weighted by Gasteiger charge is -2.32. The van der Waals surface area contributed by atoms with E-state index in [9.17, 15) is 4.79 Å². The summed E-state index contributed by atoms with van der Waals surface area (Å²) in [6.07, 6.45) is 3.16. The van der Waals surface area contributed by atoms with Gasteiger partial charge in [-0.05, 0) is 40.0 Å². The zero-order valence-corrected chi connectivity index (χ0v) is 10.8. The van der Waals surface area contributed by atoms with Gasteiger partial charge in [-0.3, -0.25) is 10.1 Å². The molecule has 3 N–H and O–H groups in total. The van der Waals surface area contributed by atoms with E-state index in [0.717, 1.165) is 19.3 Å². The number of carbonyl (C=O) groups excluding carboxylic acids is 1. The molecule has 0 aromatic heterocycles. The van der Waals surface area contributed by atoms with Gasteiger partial charge >= 0.3 is 0 Å². The lowest BCUT2D eigenvalue weighted by atomic mass is 10.0. The first-order valence-electron chi connectivity index (χ1n) is 6.00. The van der Waals surface area contributed by atoms with Crippen LogP contribution in [-0.2, 0) is 9.53 Å². The zero-order valence-electron chi connectivity index (χ0n) is 10.8. The average molecular weight is 228 g/mol. The van der Waals surface area contributed by atoms with E-state index in [1.165, 1.54) is 0 Å². The van der Waals surface area contributed by atoms with Crippen molar-refractivity contribution in [2.75, 3.05) is 6.61 Å². The Hall–Kier alpha value is -0.610. The normalized spacial score (nSPS) is 20.5. The Bertz CT molecular complexity index is 262. The van der Waals surface area contributed by atoms with Crippen LogP contribution in [0.5, 0.6) is 0 Å². The van der Waals surface area contributed by atoms with Crippen LogP contribution in [0.1, 0.15) is 47.0 Å². The van der Waals surface area contributed by atoms with Gasteiger partial charge in [0, 0.05) is 6.04 Å². The van der Waals surface area contributed by atoms with Crippen LogP contribution in [0.25, 0.3) is 0 Å². The number of nitrogens with two attached hydrogens (primary N) is 1. The number of hydrogen-bond acceptors (Lipinski definition) is 3. The van der Waals surface area contributed by atoms with Crippen LogP contribution in [0.4, 0.5) is 0 Å². The lowest BCUT2D eigenvalue weighted by Crippen LogP contribution is -2.58. The Morgan fingerprint density at radius 2 is 2.00 bits per heavy atom. The summed E-state index contributed by atoms with van der Waals surface area (Å²) in [4.78, 5) is 11.5. The van der Waals surface area contributed by atoms with Gasteiger partial charge in [0.25, 0.3) is 0 Å². The molecule has 1 fully saturated rings. The summed E-state index contributed by atoms with van der Waals surface area (Å²) in [7, 11) is 0. The van der Waals surface area contributed by atoms with E-state index in [1.807, 2.05) is 20.8 Å². The Morgan fingerprint density at radius 3 is 2.38 bits per heavy atom. The summed E-state index contributed by atoms with van der Waals surface area (Å²) in [6, 6.07) is 0.436. The minimum atomic E-state index is -0.742. The van der Waals surface area contributed by atoms with Gasteiger partial charge in [-0.25, -0.2) is 0 Å². The fourth-order valence-corrected chi connectivity index (χ4v) is 1.30. The van der Waals surface area contributed by atoms with Gasteiger partial charge in [0.1, 0.15) is 5.54 Å². The van der Waals surface area contributed by atoms with Gasteiger partial charge < -0.3 is 10.5 Å². The third-order valence-corrected chi connectivity index (χ3v) is 3.25. The molecule has 0 bridgehead atoms. The number of hydrogen-bond donors (Lipinski definition) is 2. The molecule has 0 radical (unpaired) electrons. The maximum Gasteiger partial charge on any atom is 0.239 e. The fourth-order valence-electron chi connectivity index (χ4n) is 1.30. The molecular formula is C12H24N2O2. The largest absolute Gasteiger partial charge is 0.373 e. The highest BCUT2D eigenvalue weighted by Crippen LogP contribution is 2.24. The summed E-state index contributed by atoms with van der Waals surface area (Å²) >= 11 is 0. The van der Waals surface area contributed by atoms with Gasteiger partial charge in [0.05, 0.1) is 12.2 Å². The molecule has 0 saturated heterocycles. The van der Waals surface area contributed by atoms with Crippen molar-refractivity contribution < 1.29 is 9.53 Å². The highest BCUT2D eigenvalue weighted by atomic mass is 16.5. The molecule has 1 aliphatic rings. The van der Waals surface area contributed by atoms with E-state index in [-0.39, 0.29) is 11.5 Å². The number of amides is 1. The molecule has 0 spiro atoms. The van der Waals surface area contributed by atoms with Gasteiger partial charge in [0.2, 0.25) is 5.91 Å². The van der Waals surface area contributed by atoms with Crippen molar-refractivity contribution in [3.8, 4) is 0 Å². The van der Waals surface area contributed by atoms with Crippen molar-refractivity contribution >= 4 is 5.91 Å². The third kappa shape index (κ3) is 3.76. The fraction of sp³-hybridized carbons (Fsp3) is 0.917. The quantitative estimate of drug-likeness (QED) is 0.688. The second-order valence-electron chi connectivity index (χ2n) is 5.52. The Kier molecular flexibility index (Phi) is 3.97. The standard InChI is InChI=1S/C12H24N2O2/c1-5-11(2,3)16-8-12(4,10(13)15)14-9-6-7-9/h9,14H,5-8H2,1-4H3,(H2,13,15). The van der Waals surface area contributed by atoms with Gasteiger partial charge in [-0.15, -0.1) is 0 Å². The van der Waals surface area contributed by atoms with E-state index in [0.29, 0.717) is 12.6 Å². The molecule has 4 nitrogen and oxygen atoms in total. The second-order valence-corrected chi connectivity index (χ2v) is 5.52.